The predicted octanol–water partition coefficient (Wildman–Crippen LogP) is 2.04. The maximum absolute atomic E-state index is 10.8. The van der Waals surface area contributed by atoms with E-state index >= 15 is 0 Å². The van der Waals surface area contributed by atoms with Crippen LogP contribution in [-0.4, -0.2) is 29.1 Å². The average Bonchev–Trinajstić information content (AvgIpc) is 2.88. The molecule has 1 aliphatic rings. The summed E-state index contributed by atoms with van der Waals surface area (Å²) in [5.41, 5.74) is 1.26. The Labute approximate surface area is 108 Å². The van der Waals surface area contributed by atoms with Crippen molar-refractivity contribution in [3.8, 4) is 0 Å². The van der Waals surface area contributed by atoms with Gasteiger partial charge in [0.05, 0.1) is 5.92 Å². The van der Waals surface area contributed by atoms with Crippen molar-refractivity contribution < 1.29 is 9.90 Å². The van der Waals surface area contributed by atoms with Gasteiger partial charge in [-0.3, -0.25) is 4.79 Å². The fourth-order valence-corrected chi connectivity index (χ4v) is 2.67. The number of nitrogens with one attached hydrogen (secondary N) is 2. The Morgan fingerprint density at radius 1 is 1.39 bits per heavy atom. The molecule has 1 saturated carbocycles. The van der Waals surface area contributed by atoms with Gasteiger partial charge in [0.1, 0.15) is 0 Å². The number of aromatic amines is 1. The van der Waals surface area contributed by atoms with Crippen molar-refractivity contribution in [2.75, 3.05) is 13.1 Å². The Kier molecular flexibility index (Phi) is 4.81. The molecule has 3 N–H and O–H groups in total. The molecule has 1 fully saturated rings. The summed E-state index contributed by atoms with van der Waals surface area (Å²) < 4.78 is 0. The minimum atomic E-state index is -0.617. The van der Waals surface area contributed by atoms with Crippen LogP contribution in [0.5, 0.6) is 0 Å². The fourth-order valence-electron chi connectivity index (χ4n) is 2.67. The lowest BCUT2D eigenvalue weighted by atomic mass is 9.82. The number of hydrogen-bond donors (Lipinski definition) is 3. The molecule has 18 heavy (non-hydrogen) atoms. The fraction of sp³-hybridized carbons (Fsp3) is 0.643. The van der Waals surface area contributed by atoms with Crippen LogP contribution in [-0.2, 0) is 11.2 Å². The van der Waals surface area contributed by atoms with Gasteiger partial charge in [-0.05, 0) is 56.7 Å². The quantitative estimate of drug-likeness (QED) is 0.677. The van der Waals surface area contributed by atoms with Crippen LogP contribution in [0.25, 0.3) is 0 Å². The molecule has 2 rings (SSSR count). The van der Waals surface area contributed by atoms with Crippen molar-refractivity contribution in [1.29, 1.82) is 0 Å². The summed E-state index contributed by atoms with van der Waals surface area (Å²) in [7, 11) is 0. The lowest BCUT2D eigenvalue weighted by molar-refractivity contribution is -0.143. The third-order valence-corrected chi connectivity index (χ3v) is 3.86. The highest BCUT2D eigenvalue weighted by molar-refractivity contribution is 5.69. The second-order valence-corrected chi connectivity index (χ2v) is 5.21. The molecule has 4 heteroatoms. The molecule has 4 nitrogen and oxygen atoms in total. The number of carboxylic acid groups (broad SMARTS) is 1. The summed E-state index contributed by atoms with van der Waals surface area (Å²) in [4.78, 5) is 14.0. The first-order valence-electron chi connectivity index (χ1n) is 6.81. The molecule has 1 aliphatic carbocycles. The van der Waals surface area contributed by atoms with E-state index in [1.54, 1.807) is 0 Å². The number of aliphatic carboxylic acids is 1. The maximum Gasteiger partial charge on any atom is 0.306 e. The average molecular weight is 250 g/mol. The zero-order valence-electron chi connectivity index (χ0n) is 10.7. The highest BCUT2D eigenvalue weighted by Crippen LogP contribution is 2.28. The Hall–Kier alpha value is -1.29. The summed E-state index contributed by atoms with van der Waals surface area (Å²) >= 11 is 0. The smallest absolute Gasteiger partial charge is 0.306 e. The van der Waals surface area contributed by atoms with Gasteiger partial charge in [0.15, 0.2) is 0 Å². The monoisotopic (exact) mass is 250 g/mol. The molecule has 0 spiro atoms. The first-order valence-corrected chi connectivity index (χ1v) is 6.81. The molecule has 1 aromatic rings. The predicted molar refractivity (Wildman–Crippen MR) is 70.5 cm³/mol. The highest BCUT2D eigenvalue weighted by atomic mass is 16.4. The molecule has 0 bridgehead atoms. The molecule has 0 aromatic carbocycles. The second kappa shape index (κ2) is 6.59. The van der Waals surface area contributed by atoms with Gasteiger partial charge in [0, 0.05) is 18.4 Å². The van der Waals surface area contributed by atoms with Crippen molar-refractivity contribution in [3.63, 3.8) is 0 Å². The number of H-pyrrole nitrogens is 1. The van der Waals surface area contributed by atoms with E-state index in [-0.39, 0.29) is 5.92 Å². The van der Waals surface area contributed by atoms with Crippen molar-refractivity contribution in [1.82, 2.24) is 10.3 Å². The van der Waals surface area contributed by atoms with Gasteiger partial charge in [0.25, 0.3) is 0 Å². The lowest BCUT2D eigenvalue weighted by Crippen LogP contribution is -2.29. The van der Waals surface area contributed by atoms with Crippen LogP contribution in [0.2, 0.25) is 0 Å². The summed E-state index contributed by atoms with van der Waals surface area (Å²) in [5.74, 6) is -0.0578. The summed E-state index contributed by atoms with van der Waals surface area (Å²) in [6.07, 6.45) is 6.76. The van der Waals surface area contributed by atoms with Gasteiger partial charge in [-0.2, -0.15) is 0 Å². The Balaban J connectivity index is 1.57. The van der Waals surface area contributed by atoms with Crippen LogP contribution < -0.4 is 5.32 Å². The largest absolute Gasteiger partial charge is 0.481 e. The van der Waals surface area contributed by atoms with Gasteiger partial charge in [-0.15, -0.1) is 0 Å². The molecule has 0 radical (unpaired) electrons. The van der Waals surface area contributed by atoms with Crippen molar-refractivity contribution in [2.45, 2.75) is 32.1 Å². The van der Waals surface area contributed by atoms with Gasteiger partial charge in [-0.25, -0.2) is 0 Å². The Bertz CT molecular complexity index is 354. The van der Waals surface area contributed by atoms with Crippen LogP contribution in [0.1, 0.15) is 31.4 Å². The van der Waals surface area contributed by atoms with E-state index in [0.717, 1.165) is 45.2 Å². The molecule has 0 amide bonds. The van der Waals surface area contributed by atoms with E-state index in [4.69, 9.17) is 5.11 Å². The molecule has 0 saturated heterocycles. The molecule has 0 atom stereocenters. The number of carboxylic acids is 1. The summed E-state index contributed by atoms with van der Waals surface area (Å²) in [6.45, 7) is 2.01. The van der Waals surface area contributed by atoms with Crippen molar-refractivity contribution in [2.24, 2.45) is 11.8 Å². The standard InChI is InChI=1S/C14H22N2O2/c17-14(18)12-5-3-11(4-6-12)10-15-9-7-13-2-1-8-16-13/h1-2,8,11-12,15-16H,3-7,9-10H2,(H,17,18). The van der Waals surface area contributed by atoms with Crippen LogP contribution >= 0.6 is 0 Å². The third kappa shape index (κ3) is 3.88. The van der Waals surface area contributed by atoms with E-state index < -0.39 is 5.97 Å². The minimum absolute atomic E-state index is 0.0971. The van der Waals surface area contributed by atoms with Gasteiger partial charge >= 0.3 is 5.97 Å². The van der Waals surface area contributed by atoms with E-state index in [1.807, 2.05) is 12.3 Å². The molecular weight excluding hydrogens is 228 g/mol. The number of carbonyl (C=O) groups is 1. The van der Waals surface area contributed by atoms with E-state index in [9.17, 15) is 4.79 Å². The SMILES string of the molecule is O=C(O)C1CCC(CNCCc2ccc[nH]2)CC1. The molecule has 1 aromatic heterocycles. The van der Waals surface area contributed by atoms with Crippen LogP contribution in [0.15, 0.2) is 18.3 Å². The minimum Gasteiger partial charge on any atom is -0.481 e. The summed E-state index contributed by atoms with van der Waals surface area (Å²) in [5, 5.41) is 12.4. The van der Waals surface area contributed by atoms with Crippen molar-refractivity contribution >= 4 is 5.97 Å². The summed E-state index contributed by atoms with van der Waals surface area (Å²) in [6, 6.07) is 4.11. The van der Waals surface area contributed by atoms with E-state index in [1.165, 1.54) is 5.69 Å². The highest BCUT2D eigenvalue weighted by Gasteiger charge is 2.25. The zero-order valence-corrected chi connectivity index (χ0v) is 10.7. The number of hydrogen-bond acceptors (Lipinski definition) is 2. The zero-order chi connectivity index (χ0) is 12.8. The molecular formula is C14H22N2O2. The number of rotatable bonds is 6. The second-order valence-electron chi connectivity index (χ2n) is 5.21. The van der Waals surface area contributed by atoms with E-state index in [2.05, 4.69) is 16.4 Å². The first kappa shape index (κ1) is 13.1. The van der Waals surface area contributed by atoms with E-state index in [0.29, 0.717) is 5.92 Å². The topological polar surface area (TPSA) is 65.1 Å². The van der Waals surface area contributed by atoms with Gasteiger partial charge < -0.3 is 15.4 Å². The third-order valence-electron chi connectivity index (χ3n) is 3.86. The molecule has 1 heterocycles. The van der Waals surface area contributed by atoms with Gasteiger partial charge in [-0.1, -0.05) is 0 Å². The van der Waals surface area contributed by atoms with Crippen LogP contribution in [0, 0.1) is 11.8 Å². The van der Waals surface area contributed by atoms with Gasteiger partial charge in [0.2, 0.25) is 0 Å². The normalized spacial score (nSPS) is 24.0. The van der Waals surface area contributed by atoms with Crippen LogP contribution in [0.3, 0.4) is 0 Å². The van der Waals surface area contributed by atoms with Crippen molar-refractivity contribution in [3.05, 3.63) is 24.0 Å². The Morgan fingerprint density at radius 3 is 2.78 bits per heavy atom. The van der Waals surface area contributed by atoms with Crippen LogP contribution in [0.4, 0.5) is 0 Å². The molecule has 100 valence electrons. The first-order chi connectivity index (χ1) is 8.75. The molecule has 0 unspecified atom stereocenters. The number of aromatic nitrogens is 1. The lowest BCUT2D eigenvalue weighted by Gasteiger charge is -2.26. The Morgan fingerprint density at radius 2 is 2.17 bits per heavy atom. The molecule has 0 aliphatic heterocycles. The maximum atomic E-state index is 10.8.